The van der Waals surface area contributed by atoms with Crippen LogP contribution >= 0.6 is 0 Å². The molecule has 5 heterocycles. The predicted octanol–water partition coefficient (Wildman–Crippen LogP) is 3.77. The largest absolute Gasteiger partial charge is 0.454 e. The summed E-state index contributed by atoms with van der Waals surface area (Å²) < 4.78 is 7.87. The molecular weight excluding hydrogens is 302 g/mol. The summed E-state index contributed by atoms with van der Waals surface area (Å²) in [5, 5.41) is 5.26. The Hall–Kier alpha value is -3.41. The standard InChI is InChI=1S/C18H13N5O/c1-23-10-11(8-22-23)16-7-15-17(24-16)12(4-6-19-15)14-9-21-18-13(14)3-2-5-20-18/h2-10H,1H3,(H,20,21). The first-order chi connectivity index (χ1) is 11.8. The van der Waals surface area contributed by atoms with Crippen LogP contribution in [0, 0.1) is 0 Å². The molecule has 1 N–H and O–H groups in total. The molecule has 0 fully saturated rings. The van der Waals surface area contributed by atoms with E-state index in [9.17, 15) is 0 Å². The lowest BCUT2D eigenvalue weighted by atomic mass is 10.1. The number of hydrogen-bond donors (Lipinski definition) is 1. The number of nitrogens with one attached hydrogen (secondary N) is 1. The quantitative estimate of drug-likeness (QED) is 0.538. The van der Waals surface area contributed by atoms with Gasteiger partial charge in [0.05, 0.1) is 11.8 Å². The monoisotopic (exact) mass is 315 g/mol. The number of aromatic amines is 1. The molecule has 0 aliphatic carbocycles. The number of nitrogens with zero attached hydrogens (tertiary/aromatic N) is 4. The van der Waals surface area contributed by atoms with Gasteiger partial charge in [-0.2, -0.15) is 5.10 Å². The second-order valence-corrected chi connectivity index (χ2v) is 5.69. The van der Waals surface area contributed by atoms with E-state index in [2.05, 4.69) is 20.1 Å². The number of fused-ring (bicyclic) bond motifs is 2. The second-order valence-electron chi connectivity index (χ2n) is 5.69. The number of H-pyrrole nitrogens is 1. The molecule has 0 amide bonds. The Kier molecular flexibility index (Phi) is 2.61. The number of furan rings is 1. The minimum atomic E-state index is 0.760. The highest BCUT2D eigenvalue weighted by Crippen LogP contribution is 2.36. The predicted molar refractivity (Wildman–Crippen MR) is 91.3 cm³/mol. The highest BCUT2D eigenvalue weighted by molar-refractivity contribution is 6.01. The van der Waals surface area contributed by atoms with E-state index in [1.165, 1.54) is 0 Å². The molecule has 0 spiro atoms. The fourth-order valence-corrected chi connectivity index (χ4v) is 3.02. The summed E-state index contributed by atoms with van der Waals surface area (Å²) in [6, 6.07) is 7.89. The first-order valence-corrected chi connectivity index (χ1v) is 7.59. The van der Waals surface area contributed by atoms with E-state index in [1.807, 2.05) is 43.7 Å². The molecular formula is C18H13N5O. The van der Waals surface area contributed by atoms with Crippen LogP contribution in [-0.2, 0) is 7.05 Å². The fourth-order valence-electron chi connectivity index (χ4n) is 3.02. The van der Waals surface area contributed by atoms with Crippen molar-refractivity contribution in [1.82, 2.24) is 24.7 Å². The zero-order valence-corrected chi connectivity index (χ0v) is 12.9. The molecule has 5 aromatic heterocycles. The molecule has 6 nitrogen and oxygen atoms in total. The average Bonchev–Trinajstić information content (AvgIpc) is 3.31. The van der Waals surface area contributed by atoms with Gasteiger partial charge in [0.2, 0.25) is 0 Å². The normalized spacial score (nSPS) is 11.5. The van der Waals surface area contributed by atoms with Crippen molar-refractivity contribution in [3.8, 4) is 22.5 Å². The molecule has 0 saturated carbocycles. The highest BCUT2D eigenvalue weighted by atomic mass is 16.3. The van der Waals surface area contributed by atoms with E-state index in [1.54, 1.807) is 23.3 Å². The summed E-state index contributed by atoms with van der Waals surface area (Å²) in [6.45, 7) is 0. The van der Waals surface area contributed by atoms with Crippen LogP contribution in [0.25, 0.3) is 44.6 Å². The van der Waals surface area contributed by atoms with E-state index < -0.39 is 0 Å². The van der Waals surface area contributed by atoms with E-state index in [4.69, 9.17) is 4.42 Å². The van der Waals surface area contributed by atoms with Crippen molar-refractivity contribution in [1.29, 1.82) is 0 Å². The summed E-state index contributed by atoms with van der Waals surface area (Å²) in [7, 11) is 1.88. The van der Waals surface area contributed by atoms with E-state index in [-0.39, 0.29) is 0 Å². The van der Waals surface area contributed by atoms with Crippen LogP contribution in [0.5, 0.6) is 0 Å². The molecule has 6 heteroatoms. The van der Waals surface area contributed by atoms with Crippen LogP contribution in [0.1, 0.15) is 0 Å². The van der Waals surface area contributed by atoms with Crippen molar-refractivity contribution >= 4 is 22.1 Å². The maximum Gasteiger partial charge on any atom is 0.161 e. The van der Waals surface area contributed by atoms with Crippen molar-refractivity contribution in [2.24, 2.45) is 7.05 Å². The summed E-state index contributed by atoms with van der Waals surface area (Å²) in [4.78, 5) is 12.0. The van der Waals surface area contributed by atoms with Gasteiger partial charge in [-0.15, -0.1) is 0 Å². The topological polar surface area (TPSA) is 72.5 Å². The van der Waals surface area contributed by atoms with Gasteiger partial charge in [-0.3, -0.25) is 9.67 Å². The average molecular weight is 315 g/mol. The molecule has 0 unspecified atom stereocenters. The number of aromatic nitrogens is 5. The number of hydrogen-bond acceptors (Lipinski definition) is 4. The molecule has 5 rings (SSSR count). The molecule has 0 atom stereocenters. The minimum Gasteiger partial charge on any atom is -0.454 e. The number of aryl methyl sites for hydroxylation is 1. The molecule has 0 saturated heterocycles. The molecule has 116 valence electrons. The van der Waals surface area contributed by atoms with Crippen LogP contribution in [-0.4, -0.2) is 24.7 Å². The Bertz CT molecular complexity index is 1180. The van der Waals surface area contributed by atoms with Crippen molar-refractivity contribution in [2.45, 2.75) is 0 Å². The highest BCUT2D eigenvalue weighted by Gasteiger charge is 2.15. The Balaban J connectivity index is 1.76. The Labute approximate surface area is 136 Å². The molecule has 0 aliphatic heterocycles. The van der Waals surface area contributed by atoms with Gasteiger partial charge in [-0.1, -0.05) is 0 Å². The fraction of sp³-hybridized carbons (Fsp3) is 0.0556. The van der Waals surface area contributed by atoms with Crippen molar-refractivity contribution in [2.75, 3.05) is 0 Å². The Morgan fingerprint density at radius 3 is 2.96 bits per heavy atom. The maximum absolute atomic E-state index is 6.12. The van der Waals surface area contributed by atoms with E-state index in [0.717, 1.165) is 44.6 Å². The first kappa shape index (κ1) is 13.1. The van der Waals surface area contributed by atoms with Crippen LogP contribution < -0.4 is 0 Å². The minimum absolute atomic E-state index is 0.760. The molecule has 0 bridgehead atoms. The summed E-state index contributed by atoms with van der Waals surface area (Å²) in [5.41, 5.74) is 5.43. The summed E-state index contributed by atoms with van der Waals surface area (Å²) in [6.07, 6.45) is 9.24. The van der Waals surface area contributed by atoms with E-state index in [0.29, 0.717) is 0 Å². The van der Waals surface area contributed by atoms with Gasteiger partial charge < -0.3 is 9.40 Å². The van der Waals surface area contributed by atoms with Crippen molar-refractivity contribution < 1.29 is 4.42 Å². The van der Waals surface area contributed by atoms with Crippen LogP contribution in [0.15, 0.2) is 59.7 Å². The maximum atomic E-state index is 6.12. The zero-order valence-electron chi connectivity index (χ0n) is 12.9. The smallest absolute Gasteiger partial charge is 0.161 e. The molecule has 24 heavy (non-hydrogen) atoms. The second kappa shape index (κ2) is 4.79. The van der Waals surface area contributed by atoms with Crippen molar-refractivity contribution in [3.63, 3.8) is 0 Å². The Morgan fingerprint density at radius 2 is 2.08 bits per heavy atom. The van der Waals surface area contributed by atoms with Gasteiger partial charge in [-0.05, 0) is 18.2 Å². The van der Waals surface area contributed by atoms with Crippen LogP contribution in [0.3, 0.4) is 0 Å². The number of pyridine rings is 2. The van der Waals surface area contributed by atoms with Gasteiger partial charge in [0.25, 0.3) is 0 Å². The summed E-state index contributed by atoms with van der Waals surface area (Å²) >= 11 is 0. The van der Waals surface area contributed by atoms with Gasteiger partial charge in [0, 0.05) is 54.4 Å². The SMILES string of the molecule is Cn1cc(-c2cc3nccc(-c4c[nH]c5ncccc45)c3o2)cn1. The lowest BCUT2D eigenvalue weighted by Crippen LogP contribution is -1.83. The molecule has 0 aliphatic rings. The lowest BCUT2D eigenvalue weighted by molar-refractivity contribution is 0.632. The van der Waals surface area contributed by atoms with Gasteiger partial charge in [-0.25, -0.2) is 4.98 Å². The Morgan fingerprint density at radius 1 is 1.12 bits per heavy atom. The summed E-state index contributed by atoms with van der Waals surface area (Å²) in [5.74, 6) is 0.760. The molecule has 5 aromatic rings. The third-order valence-corrected chi connectivity index (χ3v) is 4.14. The van der Waals surface area contributed by atoms with Gasteiger partial charge in [0.15, 0.2) is 5.58 Å². The van der Waals surface area contributed by atoms with Crippen LogP contribution in [0.2, 0.25) is 0 Å². The number of rotatable bonds is 2. The molecule has 0 radical (unpaired) electrons. The first-order valence-electron chi connectivity index (χ1n) is 7.59. The van der Waals surface area contributed by atoms with E-state index >= 15 is 0 Å². The zero-order chi connectivity index (χ0) is 16.1. The molecule has 0 aromatic carbocycles. The van der Waals surface area contributed by atoms with Gasteiger partial charge in [0.1, 0.15) is 16.9 Å². The lowest BCUT2D eigenvalue weighted by Gasteiger charge is -2.00. The van der Waals surface area contributed by atoms with Crippen LogP contribution in [0.4, 0.5) is 0 Å². The third kappa shape index (κ3) is 1.86. The van der Waals surface area contributed by atoms with Crippen molar-refractivity contribution in [3.05, 3.63) is 55.2 Å². The third-order valence-electron chi connectivity index (χ3n) is 4.14. The van der Waals surface area contributed by atoms with Gasteiger partial charge >= 0.3 is 0 Å².